The summed E-state index contributed by atoms with van der Waals surface area (Å²) in [5, 5.41) is 20.7. The number of nitrogens with zero attached hydrogens (tertiary/aromatic N) is 2. The Kier molecular flexibility index (Phi) is 8.58. The van der Waals surface area contributed by atoms with E-state index in [-0.39, 0.29) is 53.3 Å². The number of fused-ring (bicyclic) bond motifs is 1. The van der Waals surface area contributed by atoms with Gasteiger partial charge in [-0.15, -0.1) is 0 Å². The molecule has 11 nitrogen and oxygen atoms in total. The van der Waals surface area contributed by atoms with Crippen molar-refractivity contribution in [1.29, 1.82) is 0 Å². The molecular formula is C31H34N2O9. The molecule has 222 valence electrons. The third kappa shape index (κ3) is 6.01. The molecular weight excluding hydrogens is 544 g/mol. The number of para-hydroxylation sites is 1. The molecule has 0 spiro atoms. The molecule has 11 heteroatoms. The number of piperazine rings is 1. The summed E-state index contributed by atoms with van der Waals surface area (Å²) in [6, 6.07) is 13.4. The highest BCUT2D eigenvalue weighted by Crippen LogP contribution is 2.43. The summed E-state index contributed by atoms with van der Waals surface area (Å²) in [5.41, 5.74) is 1.66. The maximum absolute atomic E-state index is 12.9. The minimum absolute atomic E-state index is 0.0123. The van der Waals surface area contributed by atoms with Gasteiger partial charge in [0.25, 0.3) is 5.91 Å². The monoisotopic (exact) mass is 578 g/mol. The van der Waals surface area contributed by atoms with Crippen LogP contribution in [0, 0.1) is 0 Å². The van der Waals surface area contributed by atoms with E-state index in [9.17, 15) is 19.8 Å². The summed E-state index contributed by atoms with van der Waals surface area (Å²) in [5.74, 6) is 1.20. The number of hydrogen-bond acceptors (Lipinski definition) is 10. The maximum Gasteiger partial charge on any atom is 0.260 e. The summed E-state index contributed by atoms with van der Waals surface area (Å²) in [4.78, 5) is 29.8. The van der Waals surface area contributed by atoms with Crippen molar-refractivity contribution in [2.24, 2.45) is 0 Å². The number of ether oxygens (including phenoxy) is 5. The lowest BCUT2D eigenvalue weighted by Gasteiger charge is -2.35. The van der Waals surface area contributed by atoms with Gasteiger partial charge in [-0.2, -0.15) is 0 Å². The average Bonchev–Trinajstić information content (AvgIpc) is 2.99. The first-order chi connectivity index (χ1) is 20.3. The minimum Gasteiger partial charge on any atom is -0.507 e. The van der Waals surface area contributed by atoms with Crippen LogP contribution in [-0.2, 0) is 11.3 Å². The van der Waals surface area contributed by atoms with Gasteiger partial charge >= 0.3 is 0 Å². The van der Waals surface area contributed by atoms with Gasteiger partial charge in [-0.05, 0) is 23.8 Å². The van der Waals surface area contributed by atoms with Gasteiger partial charge in [0.2, 0.25) is 0 Å². The topological polar surface area (TPSA) is 127 Å². The van der Waals surface area contributed by atoms with Crippen LogP contribution in [0.3, 0.4) is 0 Å². The lowest BCUT2D eigenvalue weighted by molar-refractivity contribution is -0.135. The van der Waals surface area contributed by atoms with Crippen LogP contribution < -0.4 is 23.7 Å². The molecule has 2 heterocycles. The molecule has 2 aliphatic rings. The number of amides is 1. The van der Waals surface area contributed by atoms with E-state index >= 15 is 0 Å². The van der Waals surface area contributed by atoms with Crippen LogP contribution in [0.15, 0.2) is 48.5 Å². The summed E-state index contributed by atoms with van der Waals surface area (Å²) in [6.45, 7) is 2.89. The Morgan fingerprint density at radius 1 is 0.929 bits per heavy atom. The van der Waals surface area contributed by atoms with Gasteiger partial charge in [0.1, 0.15) is 28.9 Å². The Balaban J connectivity index is 1.18. The standard InChI is InChI=1S/C31H34N2O9/c1-38-25-8-7-19(13-22(25)34)27-16-24(36)30-23(35)14-21(15-28(30)42-27)41-18-29(37)33-11-9-32(10-12-33)17-20-5-4-6-26(39-2)31(20)40-3/h4-8,13-15,27,34-35H,9-12,16-18H2,1-3H3. The molecule has 1 saturated heterocycles. The molecule has 0 bridgehead atoms. The summed E-state index contributed by atoms with van der Waals surface area (Å²) < 4.78 is 27.8. The number of aromatic hydroxyl groups is 2. The molecule has 3 aromatic carbocycles. The highest BCUT2D eigenvalue weighted by atomic mass is 16.5. The second-order valence-corrected chi connectivity index (χ2v) is 10.1. The number of phenols is 2. The zero-order valence-electron chi connectivity index (χ0n) is 23.8. The Morgan fingerprint density at radius 2 is 1.69 bits per heavy atom. The van der Waals surface area contributed by atoms with E-state index in [1.54, 1.807) is 31.3 Å². The van der Waals surface area contributed by atoms with Crippen molar-refractivity contribution < 1.29 is 43.5 Å². The Hall–Kier alpha value is -4.64. The third-order valence-corrected chi connectivity index (χ3v) is 7.51. The highest BCUT2D eigenvalue weighted by molar-refractivity contribution is 6.02. The summed E-state index contributed by atoms with van der Waals surface area (Å²) >= 11 is 0. The van der Waals surface area contributed by atoms with Crippen LogP contribution >= 0.6 is 0 Å². The smallest absolute Gasteiger partial charge is 0.260 e. The molecule has 3 aromatic rings. The predicted molar refractivity (Wildman–Crippen MR) is 152 cm³/mol. The predicted octanol–water partition coefficient (Wildman–Crippen LogP) is 3.55. The Labute approximate surface area is 243 Å². The molecule has 1 amide bonds. The normalized spacial score (nSPS) is 16.8. The van der Waals surface area contributed by atoms with E-state index in [1.165, 1.54) is 25.3 Å². The third-order valence-electron chi connectivity index (χ3n) is 7.51. The number of methoxy groups -OCH3 is 3. The number of benzene rings is 3. The van der Waals surface area contributed by atoms with Crippen molar-refractivity contribution in [3.8, 4) is 40.2 Å². The first kappa shape index (κ1) is 28.9. The fourth-order valence-corrected chi connectivity index (χ4v) is 5.30. The van der Waals surface area contributed by atoms with Gasteiger partial charge in [0, 0.05) is 50.4 Å². The quantitative estimate of drug-likeness (QED) is 0.389. The lowest BCUT2D eigenvalue weighted by Crippen LogP contribution is -2.49. The molecule has 1 unspecified atom stereocenters. The maximum atomic E-state index is 12.9. The van der Waals surface area contributed by atoms with Gasteiger partial charge < -0.3 is 38.8 Å². The highest BCUT2D eigenvalue weighted by Gasteiger charge is 2.32. The van der Waals surface area contributed by atoms with E-state index in [2.05, 4.69) is 4.90 Å². The molecule has 0 saturated carbocycles. The molecule has 1 atom stereocenters. The Morgan fingerprint density at radius 3 is 2.38 bits per heavy atom. The number of rotatable bonds is 9. The molecule has 0 aromatic heterocycles. The second-order valence-electron chi connectivity index (χ2n) is 10.1. The van der Waals surface area contributed by atoms with Crippen molar-refractivity contribution in [3.05, 3.63) is 65.2 Å². The largest absolute Gasteiger partial charge is 0.507 e. The first-order valence-electron chi connectivity index (χ1n) is 13.6. The van der Waals surface area contributed by atoms with E-state index in [0.717, 1.165) is 5.56 Å². The summed E-state index contributed by atoms with van der Waals surface area (Å²) in [7, 11) is 4.68. The van der Waals surface area contributed by atoms with Gasteiger partial charge in [-0.25, -0.2) is 0 Å². The van der Waals surface area contributed by atoms with Crippen molar-refractivity contribution in [1.82, 2.24) is 9.80 Å². The van der Waals surface area contributed by atoms with Gasteiger partial charge in [-0.1, -0.05) is 18.2 Å². The van der Waals surface area contributed by atoms with Crippen molar-refractivity contribution >= 4 is 11.7 Å². The zero-order chi connectivity index (χ0) is 29.8. The van der Waals surface area contributed by atoms with Gasteiger partial charge in [0.05, 0.1) is 27.8 Å². The number of carbonyl (C=O) groups is 2. The molecule has 42 heavy (non-hydrogen) atoms. The van der Waals surface area contributed by atoms with Gasteiger partial charge in [-0.3, -0.25) is 14.5 Å². The minimum atomic E-state index is -0.675. The van der Waals surface area contributed by atoms with Crippen LogP contribution in [0.4, 0.5) is 0 Å². The average molecular weight is 579 g/mol. The van der Waals surface area contributed by atoms with Crippen molar-refractivity contribution in [2.75, 3.05) is 54.1 Å². The first-order valence-corrected chi connectivity index (χ1v) is 13.6. The molecule has 1 fully saturated rings. The van der Waals surface area contributed by atoms with E-state index in [4.69, 9.17) is 23.7 Å². The number of phenolic OH excluding ortho intramolecular Hbond substituents is 2. The van der Waals surface area contributed by atoms with Crippen molar-refractivity contribution in [2.45, 2.75) is 19.1 Å². The molecule has 0 aliphatic carbocycles. The number of carbonyl (C=O) groups excluding carboxylic acids is 2. The van der Waals surface area contributed by atoms with Gasteiger partial charge in [0.15, 0.2) is 35.4 Å². The Bertz CT molecular complexity index is 1470. The zero-order valence-corrected chi connectivity index (χ0v) is 23.8. The van der Waals surface area contributed by atoms with Crippen LogP contribution in [0.25, 0.3) is 0 Å². The number of ketones is 1. The number of Topliss-reactive ketones (excluding diaryl/α,β-unsaturated/α-hetero) is 1. The molecule has 2 aliphatic heterocycles. The fraction of sp³-hybridized carbons (Fsp3) is 0.355. The molecule has 2 N–H and O–H groups in total. The van der Waals surface area contributed by atoms with Crippen LogP contribution in [-0.4, -0.2) is 85.8 Å². The molecule has 0 radical (unpaired) electrons. The fourth-order valence-electron chi connectivity index (χ4n) is 5.30. The van der Waals surface area contributed by atoms with E-state index in [1.807, 2.05) is 18.2 Å². The van der Waals surface area contributed by atoms with Crippen LogP contribution in [0.2, 0.25) is 0 Å². The lowest BCUT2D eigenvalue weighted by atomic mass is 9.95. The molecule has 5 rings (SSSR count). The second kappa shape index (κ2) is 12.5. The van der Waals surface area contributed by atoms with Crippen LogP contribution in [0.5, 0.6) is 40.2 Å². The summed E-state index contributed by atoms with van der Waals surface area (Å²) in [6.07, 6.45) is -0.687. The van der Waals surface area contributed by atoms with Crippen molar-refractivity contribution in [3.63, 3.8) is 0 Å². The van der Waals surface area contributed by atoms with E-state index < -0.39 is 6.10 Å². The van der Waals surface area contributed by atoms with Crippen LogP contribution in [0.1, 0.15) is 34.0 Å². The number of hydrogen-bond donors (Lipinski definition) is 2. The van der Waals surface area contributed by atoms with E-state index in [0.29, 0.717) is 55.5 Å². The SMILES string of the molecule is COc1ccc(C2CC(=O)c3c(O)cc(OCC(=O)N4CCN(Cc5cccc(OC)c5OC)CC4)cc3O2)cc1O.